The van der Waals surface area contributed by atoms with Gasteiger partial charge in [0.1, 0.15) is 6.04 Å². The summed E-state index contributed by atoms with van der Waals surface area (Å²) >= 11 is 3.50. The first-order chi connectivity index (χ1) is 12.6. The minimum atomic E-state index is -0.466. The van der Waals surface area contributed by atoms with Crippen molar-refractivity contribution in [1.82, 2.24) is 20.4 Å². The smallest absolute Gasteiger partial charge is 0.272 e. The van der Waals surface area contributed by atoms with Gasteiger partial charge in [-0.05, 0) is 56.7 Å². The molecule has 1 atom stereocenters. The van der Waals surface area contributed by atoms with Crippen molar-refractivity contribution in [3.8, 4) is 5.69 Å². The van der Waals surface area contributed by atoms with E-state index < -0.39 is 6.04 Å². The topological polar surface area (TPSA) is 76.0 Å². The SMILES string of the molecule is O=C(NC1CCCNC1=O)c1nn(-c2cccc(Br)c2)c2c1CCCC2. The van der Waals surface area contributed by atoms with Crippen molar-refractivity contribution >= 4 is 27.7 Å². The summed E-state index contributed by atoms with van der Waals surface area (Å²) in [5, 5.41) is 10.3. The van der Waals surface area contributed by atoms with Crippen molar-refractivity contribution in [2.75, 3.05) is 6.54 Å². The van der Waals surface area contributed by atoms with Crippen LogP contribution in [0.3, 0.4) is 0 Å². The molecular formula is C19H21BrN4O2. The maximum absolute atomic E-state index is 12.9. The lowest BCUT2D eigenvalue weighted by atomic mass is 9.95. The Kier molecular flexibility index (Phi) is 4.80. The van der Waals surface area contributed by atoms with Gasteiger partial charge in [-0.3, -0.25) is 9.59 Å². The number of carbonyl (C=O) groups is 2. The Balaban J connectivity index is 1.68. The maximum Gasteiger partial charge on any atom is 0.272 e. The molecule has 136 valence electrons. The number of hydrogen-bond acceptors (Lipinski definition) is 3. The molecule has 1 fully saturated rings. The van der Waals surface area contributed by atoms with Crippen molar-refractivity contribution in [3.63, 3.8) is 0 Å². The minimum Gasteiger partial charge on any atom is -0.354 e. The monoisotopic (exact) mass is 416 g/mol. The van der Waals surface area contributed by atoms with Gasteiger partial charge < -0.3 is 10.6 Å². The van der Waals surface area contributed by atoms with Gasteiger partial charge in [0, 0.05) is 22.3 Å². The highest BCUT2D eigenvalue weighted by Gasteiger charge is 2.29. The molecule has 0 radical (unpaired) electrons. The van der Waals surface area contributed by atoms with Crippen LogP contribution in [-0.2, 0) is 17.6 Å². The van der Waals surface area contributed by atoms with Gasteiger partial charge in [0.2, 0.25) is 5.91 Å². The van der Waals surface area contributed by atoms with Gasteiger partial charge in [-0.15, -0.1) is 0 Å². The largest absolute Gasteiger partial charge is 0.354 e. The molecule has 0 saturated carbocycles. The van der Waals surface area contributed by atoms with E-state index in [1.165, 1.54) is 0 Å². The number of halogens is 1. The third-order valence-electron chi connectivity index (χ3n) is 5.04. The Morgan fingerprint density at radius 1 is 1.27 bits per heavy atom. The maximum atomic E-state index is 12.9. The zero-order valence-corrected chi connectivity index (χ0v) is 16.0. The fourth-order valence-electron chi connectivity index (χ4n) is 3.74. The number of nitrogens with one attached hydrogen (secondary N) is 2. The van der Waals surface area contributed by atoms with Crippen LogP contribution in [-0.4, -0.2) is 34.2 Å². The van der Waals surface area contributed by atoms with Gasteiger partial charge in [0.25, 0.3) is 5.91 Å². The summed E-state index contributed by atoms with van der Waals surface area (Å²) in [6.45, 7) is 0.679. The van der Waals surface area contributed by atoms with Crippen molar-refractivity contribution in [2.24, 2.45) is 0 Å². The molecule has 1 aromatic carbocycles. The van der Waals surface area contributed by atoms with Crippen molar-refractivity contribution in [2.45, 2.75) is 44.6 Å². The number of nitrogens with zero attached hydrogens (tertiary/aromatic N) is 2. The van der Waals surface area contributed by atoms with E-state index in [1.54, 1.807) is 0 Å². The summed E-state index contributed by atoms with van der Waals surface area (Å²) in [5.74, 6) is -0.358. The van der Waals surface area contributed by atoms with E-state index in [2.05, 4.69) is 31.7 Å². The molecule has 1 saturated heterocycles. The van der Waals surface area contributed by atoms with Gasteiger partial charge in [-0.1, -0.05) is 22.0 Å². The molecule has 2 amide bonds. The van der Waals surface area contributed by atoms with Crippen molar-refractivity contribution in [3.05, 3.63) is 45.7 Å². The minimum absolute atomic E-state index is 0.107. The zero-order valence-electron chi connectivity index (χ0n) is 14.4. The van der Waals surface area contributed by atoms with Gasteiger partial charge in [-0.2, -0.15) is 5.10 Å². The molecule has 0 bridgehead atoms. The second-order valence-corrected chi connectivity index (χ2v) is 7.75. The average molecular weight is 417 g/mol. The van der Waals surface area contributed by atoms with E-state index in [0.717, 1.165) is 53.5 Å². The lowest BCUT2D eigenvalue weighted by Crippen LogP contribution is -2.50. The van der Waals surface area contributed by atoms with E-state index >= 15 is 0 Å². The second kappa shape index (κ2) is 7.23. The lowest BCUT2D eigenvalue weighted by Gasteiger charge is -2.22. The highest BCUT2D eigenvalue weighted by atomic mass is 79.9. The molecule has 4 rings (SSSR count). The van der Waals surface area contributed by atoms with Crippen LogP contribution >= 0.6 is 15.9 Å². The summed E-state index contributed by atoms with van der Waals surface area (Å²) in [5.41, 5.74) is 3.52. The fraction of sp³-hybridized carbons (Fsp3) is 0.421. The summed E-state index contributed by atoms with van der Waals surface area (Å²) < 4.78 is 2.86. The molecule has 26 heavy (non-hydrogen) atoms. The number of piperidine rings is 1. The van der Waals surface area contributed by atoms with E-state index in [9.17, 15) is 9.59 Å². The standard InChI is InChI=1S/C19H21BrN4O2/c20-12-5-3-6-13(11-12)24-16-9-2-1-7-14(16)17(23-24)19(26)22-15-8-4-10-21-18(15)25/h3,5-6,11,15H,1-2,4,7-10H2,(H,21,25)(H,22,26). The Morgan fingerprint density at radius 3 is 2.92 bits per heavy atom. The molecule has 2 aromatic rings. The Hall–Kier alpha value is -2.15. The van der Waals surface area contributed by atoms with Crippen LogP contribution in [0, 0.1) is 0 Å². The van der Waals surface area contributed by atoms with Crippen LogP contribution in [0.2, 0.25) is 0 Å². The van der Waals surface area contributed by atoms with Gasteiger partial charge >= 0.3 is 0 Å². The lowest BCUT2D eigenvalue weighted by molar-refractivity contribution is -0.124. The van der Waals surface area contributed by atoms with Crippen LogP contribution in [0.15, 0.2) is 28.7 Å². The number of amides is 2. The first kappa shape index (κ1) is 17.3. The van der Waals surface area contributed by atoms with E-state index in [-0.39, 0.29) is 11.8 Å². The molecular weight excluding hydrogens is 396 g/mol. The highest BCUT2D eigenvalue weighted by molar-refractivity contribution is 9.10. The Morgan fingerprint density at radius 2 is 2.12 bits per heavy atom. The zero-order chi connectivity index (χ0) is 18.1. The van der Waals surface area contributed by atoms with Gasteiger partial charge in [0.15, 0.2) is 5.69 Å². The molecule has 1 aromatic heterocycles. The van der Waals surface area contributed by atoms with E-state index in [1.807, 2.05) is 28.9 Å². The molecule has 2 N–H and O–H groups in total. The second-order valence-electron chi connectivity index (χ2n) is 6.83. The van der Waals surface area contributed by atoms with Gasteiger partial charge in [-0.25, -0.2) is 4.68 Å². The number of rotatable bonds is 3. The van der Waals surface area contributed by atoms with Crippen LogP contribution in [0.25, 0.3) is 5.69 Å². The molecule has 2 aliphatic rings. The summed E-state index contributed by atoms with van der Waals surface area (Å²) in [6, 6.07) is 7.45. The van der Waals surface area contributed by atoms with Gasteiger partial charge in [0.05, 0.1) is 5.69 Å². The molecule has 6 nitrogen and oxygen atoms in total. The molecule has 1 aliphatic carbocycles. The number of fused-ring (bicyclic) bond motifs is 1. The fourth-order valence-corrected chi connectivity index (χ4v) is 4.13. The van der Waals surface area contributed by atoms with Crippen LogP contribution in [0.5, 0.6) is 0 Å². The Bertz CT molecular complexity index is 861. The summed E-state index contributed by atoms with van der Waals surface area (Å²) in [4.78, 5) is 24.8. The van der Waals surface area contributed by atoms with Crippen LogP contribution in [0.4, 0.5) is 0 Å². The molecule has 0 spiro atoms. The number of hydrogen-bond donors (Lipinski definition) is 2. The van der Waals surface area contributed by atoms with E-state index in [0.29, 0.717) is 18.7 Å². The molecule has 2 heterocycles. The molecule has 1 unspecified atom stereocenters. The number of aromatic nitrogens is 2. The summed E-state index contributed by atoms with van der Waals surface area (Å²) in [7, 11) is 0. The third-order valence-corrected chi connectivity index (χ3v) is 5.53. The average Bonchev–Trinajstić information content (AvgIpc) is 3.03. The Labute approximate surface area is 160 Å². The first-order valence-corrected chi connectivity index (χ1v) is 9.88. The molecule has 7 heteroatoms. The molecule has 1 aliphatic heterocycles. The third kappa shape index (κ3) is 3.28. The summed E-state index contributed by atoms with van der Waals surface area (Å²) in [6.07, 6.45) is 5.46. The van der Waals surface area contributed by atoms with Crippen LogP contribution < -0.4 is 10.6 Å². The number of carbonyl (C=O) groups excluding carboxylic acids is 2. The quantitative estimate of drug-likeness (QED) is 0.806. The predicted octanol–water partition coefficient (Wildman–Crippen LogP) is 2.52. The van der Waals surface area contributed by atoms with Crippen LogP contribution in [0.1, 0.15) is 47.4 Å². The van der Waals surface area contributed by atoms with E-state index in [4.69, 9.17) is 0 Å². The normalized spacial score (nSPS) is 19.6. The number of benzene rings is 1. The highest BCUT2D eigenvalue weighted by Crippen LogP contribution is 2.28. The first-order valence-electron chi connectivity index (χ1n) is 9.09. The van der Waals surface area contributed by atoms with Crippen molar-refractivity contribution in [1.29, 1.82) is 0 Å². The van der Waals surface area contributed by atoms with Crippen molar-refractivity contribution < 1.29 is 9.59 Å². The predicted molar refractivity (Wildman–Crippen MR) is 101 cm³/mol.